The molecule has 2 heterocycles. The molecule has 0 fully saturated rings. The fourth-order valence-corrected chi connectivity index (χ4v) is 2.89. The molecule has 1 amide bonds. The highest BCUT2D eigenvalue weighted by Gasteiger charge is 2.20. The average molecular weight is 331 g/mol. The molecule has 118 valence electrons. The monoisotopic (exact) mass is 331 g/mol. The van der Waals surface area contributed by atoms with Gasteiger partial charge in [0.15, 0.2) is 0 Å². The van der Waals surface area contributed by atoms with E-state index in [1.807, 2.05) is 6.92 Å². The second-order valence-electron chi connectivity index (χ2n) is 5.11. The van der Waals surface area contributed by atoms with Crippen LogP contribution >= 0.6 is 11.5 Å². The summed E-state index contributed by atoms with van der Waals surface area (Å²) in [4.78, 5) is 15.2. The number of H-pyrrole nitrogens is 1. The van der Waals surface area contributed by atoms with Crippen LogP contribution in [0.15, 0.2) is 30.5 Å². The second kappa shape index (κ2) is 6.25. The highest BCUT2D eigenvalue weighted by molar-refractivity contribution is 7.05. The minimum atomic E-state index is -0.366. The van der Waals surface area contributed by atoms with E-state index in [-0.39, 0.29) is 11.7 Å². The van der Waals surface area contributed by atoms with Crippen molar-refractivity contribution in [2.75, 3.05) is 7.05 Å². The lowest BCUT2D eigenvalue weighted by Crippen LogP contribution is -2.26. The van der Waals surface area contributed by atoms with Crippen molar-refractivity contribution in [1.82, 2.24) is 24.7 Å². The predicted octanol–water partition coefficient (Wildman–Crippen LogP) is 2.65. The Bertz CT molecular complexity index is 844. The molecule has 8 heteroatoms. The van der Waals surface area contributed by atoms with Gasteiger partial charge in [0, 0.05) is 12.6 Å². The quantitative estimate of drug-likeness (QED) is 0.797. The molecule has 0 radical (unpaired) electrons. The Kier molecular flexibility index (Phi) is 4.16. The van der Waals surface area contributed by atoms with Gasteiger partial charge in [-0.25, -0.2) is 4.39 Å². The van der Waals surface area contributed by atoms with Gasteiger partial charge < -0.3 is 4.90 Å². The number of nitrogens with one attached hydrogen (secondary N) is 1. The van der Waals surface area contributed by atoms with Crippen LogP contribution in [0.2, 0.25) is 0 Å². The highest BCUT2D eigenvalue weighted by Crippen LogP contribution is 2.23. The zero-order valence-corrected chi connectivity index (χ0v) is 13.4. The first kappa shape index (κ1) is 15.3. The van der Waals surface area contributed by atoms with Gasteiger partial charge in [0.05, 0.1) is 34.6 Å². The summed E-state index contributed by atoms with van der Waals surface area (Å²) in [6.45, 7) is 2.27. The molecule has 3 aromatic rings. The van der Waals surface area contributed by atoms with Gasteiger partial charge >= 0.3 is 0 Å². The summed E-state index contributed by atoms with van der Waals surface area (Å²) in [5, 5.41) is 10.6. The number of halogens is 1. The Morgan fingerprint density at radius 1 is 1.43 bits per heavy atom. The number of aromatic amines is 1. The third kappa shape index (κ3) is 3.11. The fraction of sp³-hybridized carbons (Fsp3) is 0.200. The van der Waals surface area contributed by atoms with Crippen molar-refractivity contribution in [3.05, 3.63) is 52.4 Å². The van der Waals surface area contributed by atoms with Gasteiger partial charge in [0.25, 0.3) is 5.91 Å². The van der Waals surface area contributed by atoms with Gasteiger partial charge in [-0.05, 0) is 30.6 Å². The Morgan fingerprint density at radius 3 is 2.96 bits per heavy atom. The van der Waals surface area contributed by atoms with Gasteiger partial charge in [-0.3, -0.25) is 9.89 Å². The van der Waals surface area contributed by atoms with E-state index in [4.69, 9.17) is 0 Å². The van der Waals surface area contributed by atoms with Gasteiger partial charge in [-0.2, -0.15) is 5.10 Å². The first-order valence-corrected chi connectivity index (χ1v) is 7.66. The molecule has 0 saturated carbocycles. The molecule has 0 spiro atoms. The lowest BCUT2D eigenvalue weighted by atomic mass is 10.1. The highest BCUT2D eigenvalue weighted by atomic mass is 32.1. The maximum Gasteiger partial charge on any atom is 0.257 e. The molecule has 0 aliphatic heterocycles. The molecule has 0 saturated heterocycles. The lowest BCUT2D eigenvalue weighted by Gasteiger charge is -2.16. The first-order chi connectivity index (χ1) is 11.1. The van der Waals surface area contributed by atoms with Gasteiger partial charge in [0.2, 0.25) is 0 Å². The van der Waals surface area contributed by atoms with Crippen LogP contribution in [-0.4, -0.2) is 37.6 Å². The number of hydrogen-bond acceptors (Lipinski definition) is 5. The number of amides is 1. The smallest absolute Gasteiger partial charge is 0.257 e. The number of aryl methyl sites for hydroxylation is 1. The Morgan fingerprint density at radius 2 is 2.26 bits per heavy atom. The van der Waals surface area contributed by atoms with Crippen molar-refractivity contribution >= 4 is 17.4 Å². The largest absolute Gasteiger partial charge is 0.336 e. The van der Waals surface area contributed by atoms with Crippen LogP contribution in [-0.2, 0) is 6.54 Å². The summed E-state index contributed by atoms with van der Waals surface area (Å²) >= 11 is 1.27. The minimum Gasteiger partial charge on any atom is -0.336 e. The number of carbonyl (C=O) groups is 1. The molecule has 1 N–H and O–H groups in total. The van der Waals surface area contributed by atoms with Crippen LogP contribution in [0, 0.1) is 12.7 Å². The second-order valence-corrected chi connectivity index (χ2v) is 5.95. The Labute approximate surface area is 136 Å². The molecule has 2 aromatic heterocycles. The van der Waals surface area contributed by atoms with Crippen LogP contribution in [0.4, 0.5) is 4.39 Å². The van der Waals surface area contributed by atoms with E-state index in [0.29, 0.717) is 23.4 Å². The van der Waals surface area contributed by atoms with Crippen molar-refractivity contribution in [2.45, 2.75) is 13.5 Å². The minimum absolute atomic E-state index is 0.203. The molecule has 23 heavy (non-hydrogen) atoms. The van der Waals surface area contributed by atoms with E-state index < -0.39 is 0 Å². The normalized spacial score (nSPS) is 10.7. The number of hydrogen-bond donors (Lipinski definition) is 1. The zero-order valence-electron chi connectivity index (χ0n) is 12.6. The van der Waals surface area contributed by atoms with Crippen molar-refractivity contribution in [3.8, 4) is 11.3 Å². The van der Waals surface area contributed by atoms with E-state index in [2.05, 4.69) is 19.8 Å². The Hall–Kier alpha value is -2.61. The standard InChI is InChI=1S/C15H14FN5OS/c1-9-13(23-20-18-9)8-21(2)15(22)12-7-17-19-14(12)10-4-3-5-11(16)6-10/h3-7H,8H2,1-2H3,(H,17,19). The average Bonchev–Trinajstić information content (AvgIpc) is 3.16. The van der Waals surface area contributed by atoms with E-state index in [1.165, 1.54) is 29.9 Å². The third-order valence-corrected chi connectivity index (χ3v) is 4.26. The summed E-state index contributed by atoms with van der Waals surface area (Å²) in [6.07, 6.45) is 1.46. The molecule has 0 unspecified atom stereocenters. The molecular formula is C15H14FN5OS. The van der Waals surface area contributed by atoms with Gasteiger partial charge in [0.1, 0.15) is 5.82 Å². The topological polar surface area (TPSA) is 74.8 Å². The predicted molar refractivity (Wildman–Crippen MR) is 84.4 cm³/mol. The van der Waals surface area contributed by atoms with E-state index in [9.17, 15) is 9.18 Å². The molecule has 0 aliphatic carbocycles. The molecule has 0 atom stereocenters. The first-order valence-electron chi connectivity index (χ1n) is 6.89. The Balaban J connectivity index is 1.86. The van der Waals surface area contributed by atoms with E-state index in [0.717, 1.165) is 10.6 Å². The number of carbonyl (C=O) groups excluding carboxylic acids is 1. The van der Waals surface area contributed by atoms with Crippen LogP contribution in [0.25, 0.3) is 11.3 Å². The van der Waals surface area contributed by atoms with Crippen molar-refractivity contribution < 1.29 is 9.18 Å². The summed E-state index contributed by atoms with van der Waals surface area (Å²) in [7, 11) is 1.70. The SMILES string of the molecule is Cc1nnsc1CN(C)C(=O)c1cn[nH]c1-c1cccc(F)c1. The summed E-state index contributed by atoms with van der Waals surface area (Å²) < 4.78 is 17.3. The van der Waals surface area contributed by atoms with Crippen LogP contribution < -0.4 is 0 Å². The molecule has 0 aliphatic rings. The van der Waals surface area contributed by atoms with E-state index >= 15 is 0 Å². The molecular weight excluding hydrogens is 317 g/mol. The zero-order chi connectivity index (χ0) is 16.4. The van der Waals surface area contributed by atoms with Crippen molar-refractivity contribution in [1.29, 1.82) is 0 Å². The summed E-state index contributed by atoms with van der Waals surface area (Å²) in [5.41, 5.74) is 2.29. The lowest BCUT2D eigenvalue weighted by molar-refractivity contribution is 0.0787. The summed E-state index contributed by atoms with van der Waals surface area (Å²) in [5.74, 6) is -0.568. The van der Waals surface area contributed by atoms with Crippen LogP contribution in [0.3, 0.4) is 0 Å². The number of rotatable bonds is 4. The number of aromatic nitrogens is 4. The van der Waals surface area contributed by atoms with Crippen LogP contribution in [0.5, 0.6) is 0 Å². The van der Waals surface area contributed by atoms with Gasteiger partial charge in [-0.15, -0.1) is 5.10 Å². The maximum atomic E-state index is 13.4. The van der Waals surface area contributed by atoms with Crippen LogP contribution in [0.1, 0.15) is 20.9 Å². The molecule has 3 rings (SSSR count). The number of nitrogens with zero attached hydrogens (tertiary/aromatic N) is 4. The van der Waals surface area contributed by atoms with Crippen molar-refractivity contribution in [2.24, 2.45) is 0 Å². The molecule has 0 bridgehead atoms. The fourth-order valence-electron chi connectivity index (χ4n) is 2.20. The maximum absolute atomic E-state index is 13.4. The number of benzene rings is 1. The summed E-state index contributed by atoms with van der Waals surface area (Å²) in [6, 6.07) is 6.04. The van der Waals surface area contributed by atoms with Gasteiger partial charge in [-0.1, -0.05) is 16.6 Å². The molecule has 6 nitrogen and oxygen atoms in total. The molecule has 1 aromatic carbocycles. The van der Waals surface area contributed by atoms with E-state index in [1.54, 1.807) is 24.1 Å². The van der Waals surface area contributed by atoms with Crippen molar-refractivity contribution in [3.63, 3.8) is 0 Å². The third-order valence-electron chi connectivity index (χ3n) is 3.46.